The van der Waals surface area contributed by atoms with Crippen LogP contribution in [0.1, 0.15) is 23.4 Å². The van der Waals surface area contributed by atoms with E-state index in [9.17, 15) is 22.0 Å². The summed E-state index contributed by atoms with van der Waals surface area (Å²) in [6, 6.07) is 0.900. The van der Waals surface area contributed by atoms with Crippen LogP contribution in [0.2, 0.25) is 0 Å². The molecule has 1 aromatic heterocycles. The maximum absolute atomic E-state index is 12.4. The smallest absolute Gasteiger partial charge is 0.437 e. The minimum Gasteiger partial charge on any atom is -0.494 e. The van der Waals surface area contributed by atoms with Crippen molar-refractivity contribution in [3.63, 3.8) is 0 Å². The van der Waals surface area contributed by atoms with Gasteiger partial charge in [0.2, 0.25) is 0 Å². The molecule has 0 spiro atoms. The van der Waals surface area contributed by atoms with Crippen molar-refractivity contribution in [3.05, 3.63) is 23.0 Å². The van der Waals surface area contributed by atoms with Crippen molar-refractivity contribution >= 4 is 0 Å². The molecule has 0 aliphatic carbocycles. The minimum atomic E-state index is -4.82. The first-order chi connectivity index (χ1) is 7.27. The fraction of sp³-hybridized carbons (Fsp3) is 0.444. The molecule has 0 atom stereocenters. The quantitative estimate of drug-likeness (QED) is 0.740. The van der Waals surface area contributed by atoms with E-state index < -0.39 is 29.7 Å². The topological polar surface area (TPSA) is 22.1 Å². The third-order valence-corrected chi connectivity index (χ3v) is 1.91. The van der Waals surface area contributed by atoms with Gasteiger partial charge in [0, 0.05) is 0 Å². The lowest BCUT2D eigenvalue weighted by Gasteiger charge is -2.14. The molecule has 2 nitrogen and oxygen atoms in total. The van der Waals surface area contributed by atoms with Crippen molar-refractivity contribution in [2.75, 3.05) is 7.11 Å². The Morgan fingerprint density at radius 3 is 2.25 bits per heavy atom. The van der Waals surface area contributed by atoms with Crippen LogP contribution in [0.3, 0.4) is 0 Å². The summed E-state index contributed by atoms with van der Waals surface area (Å²) in [5.74, 6) is -0.561. The molecular weight excluding hydrogens is 233 g/mol. The predicted octanol–water partition coefficient (Wildman–Crippen LogP) is 3.36. The molecule has 1 aromatic rings. The van der Waals surface area contributed by atoms with E-state index in [1.165, 1.54) is 6.92 Å². The summed E-state index contributed by atoms with van der Waals surface area (Å²) >= 11 is 0. The average Bonchev–Trinajstić information content (AvgIpc) is 2.14. The van der Waals surface area contributed by atoms with Gasteiger partial charge in [0.15, 0.2) is 5.69 Å². The summed E-state index contributed by atoms with van der Waals surface area (Å²) in [7, 11) is 1.02. The normalized spacial score (nSPS) is 12.0. The molecule has 0 aliphatic heterocycles. The third kappa shape index (κ3) is 2.40. The van der Waals surface area contributed by atoms with E-state index in [4.69, 9.17) is 0 Å². The van der Waals surface area contributed by atoms with Gasteiger partial charge in [-0.05, 0) is 18.6 Å². The van der Waals surface area contributed by atoms with Gasteiger partial charge in [-0.3, -0.25) is 0 Å². The molecule has 0 bridgehead atoms. The summed E-state index contributed by atoms with van der Waals surface area (Å²) < 4.78 is 66.5. The highest BCUT2D eigenvalue weighted by Gasteiger charge is 2.37. The summed E-state index contributed by atoms with van der Waals surface area (Å²) in [6.07, 6.45) is -7.87. The number of ether oxygens (including phenoxy) is 1. The lowest BCUT2D eigenvalue weighted by atomic mass is 10.2. The Hall–Kier alpha value is -1.40. The van der Waals surface area contributed by atoms with Crippen molar-refractivity contribution < 1.29 is 26.7 Å². The van der Waals surface area contributed by atoms with Crippen LogP contribution < -0.4 is 4.74 Å². The van der Waals surface area contributed by atoms with Crippen LogP contribution in [-0.2, 0) is 6.18 Å². The molecule has 1 heterocycles. The van der Waals surface area contributed by atoms with Gasteiger partial charge in [-0.25, -0.2) is 13.8 Å². The van der Waals surface area contributed by atoms with E-state index in [0.29, 0.717) is 0 Å². The first kappa shape index (κ1) is 12.7. The molecule has 1 rings (SSSR count). The van der Waals surface area contributed by atoms with Crippen LogP contribution in [-0.4, -0.2) is 12.1 Å². The average molecular weight is 241 g/mol. The van der Waals surface area contributed by atoms with Crippen LogP contribution >= 0.6 is 0 Å². The predicted molar refractivity (Wildman–Crippen MR) is 45.5 cm³/mol. The van der Waals surface area contributed by atoms with Crippen molar-refractivity contribution in [2.45, 2.75) is 19.5 Å². The summed E-state index contributed by atoms with van der Waals surface area (Å²) in [5.41, 5.74) is -2.36. The first-order valence-corrected chi connectivity index (χ1v) is 4.18. The second kappa shape index (κ2) is 4.23. The number of alkyl halides is 5. The number of hydrogen-bond acceptors (Lipinski definition) is 2. The van der Waals surface area contributed by atoms with Crippen LogP contribution in [0, 0.1) is 6.92 Å². The van der Waals surface area contributed by atoms with E-state index in [-0.39, 0.29) is 5.56 Å². The van der Waals surface area contributed by atoms with E-state index >= 15 is 0 Å². The number of methoxy groups -OCH3 is 1. The maximum atomic E-state index is 12.4. The van der Waals surface area contributed by atoms with Gasteiger partial charge in [-0.1, -0.05) is 0 Å². The fourth-order valence-corrected chi connectivity index (χ4v) is 1.18. The van der Waals surface area contributed by atoms with Gasteiger partial charge in [0.25, 0.3) is 6.43 Å². The fourth-order valence-electron chi connectivity index (χ4n) is 1.18. The van der Waals surface area contributed by atoms with Crippen LogP contribution in [0.25, 0.3) is 0 Å². The lowest BCUT2D eigenvalue weighted by Crippen LogP contribution is -2.13. The number of rotatable bonds is 2. The zero-order valence-corrected chi connectivity index (χ0v) is 8.40. The highest BCUT2D eigenvalue weighted by molar-refractivity contribution is 5.37. The molecule has 0 N–H and O–H groups in total. The van der Waals surface area contributed by atoms with Gasteiger partial charge >= 0.3 is 6.18 Å². The zero-order chi connectivity index (χ0) is 12.5. The van der Waals surface area contributed by atoms with Gasteiger partial charge in [0.1, 0.15) is 11.4 Å². The summed E-state index contributed by atoms with van der Waals surface area (Å²) in [5, 5.41) is 0. The van der Waals surface area contributed by atoms with Crippen molar-refractivity contribution in [3.8, 4) is 5.75 Å². The third-order valence-electron chi connectivity index (χ3n) is 1.91. The molecule has 0 radical (unpaired) electrons. The zero-order valence-electron chi connectivity index (χ0n) is 8.40. The highest BCUT2D eigenvalue weighted by Crippen LogP contribution is 2.37. The Morgan fingerprint density at radius 1 is 1.31 bits per heavy atom. The van der Waals surface area contributed by atoms with Gasteiger partial charge < -0.3 is 4.74 Å². The monoisotopic (exact) mass is 241 g/mol. The second-order valence-corrected chi connectivity index (χ2v) is 3.04. The van der Waals surface area contributed by atoms with Crippen LogP contribution in [0.5, 0.6) is 5.75 Å². The standard InChI is InChI=1S/C9H8F5NO/c1-4-3-5(16-2)7(9(12,13)14)15-6(4)8(10)11/h3,8H,1-2H3. The van der Waals surface area contributed by atoms with E-state index in [0.717, 1.165) is 13.2 Å². The van der Waals surface area contributed by atoms with E-state index in [1.54, 1.807) is 0 Å². The summed E-state index contributed by atoms with van der Waals surface area (Å²) in [6.45, 7) is 1.25. The lowest BCUT2D eigenvalue weighted by molar-refractivity contribution is -0.142. The largest absolute Gasteiger partial charge is 0.494 e. The van der Waals surface area contributed by atoms with E-state index in [1.807, 2.05) is 0 Å². The number of aryl methyl sites for hydroxylation is 1. The van der Waals surface area contributed by atoms with E-state index in [2.05, 4.69) is 9.72 Å². The Balaban J connectivity index is 3.41. The maximum Gasteiger partial charge on any atom is 0.437 e. The highest BCUT2D eigenvalue weighted by atomic mass is 19.4. The van der Waals surface area contributed by atoms with Crippen molar-refractivity contribution in [1.29, 1.82) is 0 Å². The Morgan fingerprint density at radius 2 is 1.88 bits per heavy atom. The molecule has 7 heteroatoms. The van der Waals surface area contributed by atoms with Gasteiger partial charge in [0.05, 0.1) is 7.11 Å². The minimum absolute atomic E-state index is 0.0418. The SMILES string of the molecule is COc1cc(C)c(C(F)F)nc1C(F)(F)F. The molecule has 0 unspecified atom stereocenters. The molecule has 0 saturated carbocycles. The molecule has 0 fully saturated rings. The molecule has 0 amide bonds. The van der Waals surface area contributed by atoms with Gasteiger partial charge in [-0.15, -0.1) is 0 Å². The number of hydrogen-bond donors (Lipinski definition) is 0. The number of aromatic nitrogens is 1. The molecule has 0 aromatic carbocycles. The van der Waals surface area contributed by atoms with Crippen LogP contribution in [0.15, 0.2) is 6.07 Å². The Bertz CT molecular complexity index is 388. The van der Waals surface area contributed by atoms with Crippen LogP contribution in [0.4, 0.5) is 22.0 Å². The summed E-state index contributed by atoms with van der Waals surface area (Å²) in [4.78, 5) is 2.91. The van der Waals surface area contributed by atoms with Crippen molar-refractivity contribution in [1.82, 2.24) is 4.98 Å². The molecule has 16 heavy (non-hydrogen) atoms. The number of pyridine rings is 1. The number of halogens is 5. The van der Waals surface area contributed by atoms with Crippen molar-refractivity contribution in [2.24, 2.45) is 0 Å². The Labute approximate surface area is 88.1 Å². The molecule has 0 aliphatic rings. The molecule has 90 valence electrons. The number of nitrogens with zero attached hydrogens (tertiary/aromatic N) is 1. The van der Waals surface area contributed by atoms with Gasteiger partial charge in [-0.2, -0.15) is 13.2 Å². The molecule has 0 saturated heterocycles. The molecular formula is C9H8F5NO. The second-order valence-electron chi connectivity index (χ2n) is 3.04. The first-order valence-electron chi connectivity index (χ1n) is 4.18. The Kier molecular flexibility index (Phi) is 3.35.